The van der Waals surface area contributed by atoms with Crippen LogP contribution in [0.4, 0.5) is 32.2 Å². The average molecular weight is 546 g/mol. The zero-order valence-corrected chi connectivity index (χ0v) is 19.9. The Bertz CT molecular complexity index is 1360. The van der Waals surface area contributed by atoms with E-state index in [2.05, 4.69) is 4.98 Å². The number of sulfonamides is 1. The summed E-state index contributed by atoms with van der Waals surface area (Å²) in [5.41, 5.74) is 0.659. The normalized spacial score (nSPS) is 19.0. The first kappa shape index (κ1) is 26.7. The molecule has 37 heavy (non-hydrogen) atoms. The van der Waals surface area contributed by atoms with Gasteiger partial charge in [0, 0.05) is 31.1 Å². The van der Waals surface area contributed by atoms with Crippen molar-refractivity contribution in [2.75, 3.05) is 24.4 Å². The monoisotopic (exact) mass is 545 g/mol. The highest BCUT2D eigenvalue weighted by Gasteiger charge is 2.38. The Labute approximate surface area is 208 Å². The van der Waals surface area contributed by atoms with Crippen LogP contribution < -0.4 is 9.46 Å². The highest BCUT2D eigenvalue weighted by atomic mass is 32.2. The van der Waals surface area contributed by atoms with Crippen molar-refractivity contribution in [2.24, 2.45) is 0 Å². The van der Waals surface area contributed by atoms with Crippen molar-refractivity contribution in [3.8, 4) is 5.75 Å². The van der Waals surface area contributed by atoms with Crippen molar-refractivity contribution in [3.05, 3.63) is 83.8 Å². The molecule has 0 bridgehead atoms. The van der Waals surface area contributed by atoms with Crippen LogP contribution in [0.3, 0.4) is 0 Å². The predicted molar refractivity (Wildman–Crippen MR) is 122 cm³/mol. The summed E-state index contributed by atoms with van der Waals surface area (Å²) < 4.78 is 115. The van der Waals surface area contributed by atoms with E-state index in [1.54, 1.807) is 30.3 Å². The molecule has 3 aromatic rings. The highest BCUT2D eigenvalue weighted by molar-refractivity contribution is 7.92. The maximum atomic E-state index is 14.9. The molecule has 0 aliphatic carbocycles. The third-order valence-electron chi connectivity index (χ3n) is 5.77. The van der Waals surface area contributed by atoms with E-state index >= 15 is 0 Å². The van der Waals surface area contributed by atoms with Gasteiger partial charge in [-0.25, -0.2) is 22.2 Å². The SMILES string of the molecule is O=S(=O)(Nc1cccc(F)n1)c1cc(F)c(O[C@H]2CCN(CC(F)(F)F)C[C@@H]2c2ccccc2)cc1F. The number of halogens is 6. The van der Waals surface area contributed by atoms with Gasteiger partial charge in [-0.15, -0.1) is 0 Å². The molecule has 0 saturated carbocycles. The summed E-state index contributed by atoms with van der Waals surface area (Å²) in [6.07, 6.45) is -5.12. The zero-order valence-electron chi connectivity index (χ0n) is 19.1. The van der Waals surface area contributed by atoms with Crippen LogP contribution in [0.25, 0.3) is 0 Å². The number of hydrogen-bond donors (Lipinski definition) is 1. The fraction of sp³-hybridized carbons (Fsp3) is 0.292. The van der Waals surface area contributed by atoms with Crippen molar-refractivity contribution in [2.45, 2.75) is 29.5 Å². The summed E-state index contributed by atoms with van der Waals surface area (Å²) in [7, 11) is -4.67. The number of pyridine rings is 1. The first-order valence-corrected chi connectivity index (χ1v) is 12.5. The average Bonchev–Trinajstić information content (AvgIpc) is 2.81. The minimum atomic E-state index is -4.67. The first-order valence-electron chi connectivity index (χ1n) is 11.1. The number of alkyl halides is 3. The van der Waals surface area contributed by atoms with E-state index in [0.29, 0.717) is 17.7 Å². The lowest BCUT2D eigenvalue weighted by atomic mass is 9.87. The van der Waals surface area contributed by atoms with Gasteiger partial charge in [0.05, 0.1) is 6.54 Å². The number of nitrogens with zero attached hydrogens (tertiary/aromatic N) is 2. The Morgan fingerprint density at radius 2 is 1.73 bits per heavy atom. The molecular weight excluding hydrogens is 524 g/mol. The van der Waals surface area contributed by atoms with Crippen LogP contribution in [0.15, 0.2) is 65.6 Å². The van der Waals surface area contributed by atoms with Crippen molar-refractivity contribution < 1.29 is 39.5 Å². The Balaban J connectivity index is 1.57. The van der Waals surface area contributed by atoms with Gasteiger partial charge in [0.25, 0.3) is 10.0 Å². The summed E-state index contributed by atoms with van der Waals surface area (Å²) in [5, 5.41) is 0. The Kier molecular flexibility index (Phi) is 7.64. The van der Waals surface area contributed by atoms with Gasteiger partial charge in [0.1, 0.15) is 22.6 Å². The predicted octanol–water partition coefficient (Wildman–Crippen LogP) is 5.10. The van der Waals surface area contributed by atoms with Crippen LogP contribution in [-0.4, -0.2) is 50.2 Å². The minimum absolute atomic E-state index is 0.00856. The van der Waals surface area contributed by atoms with Crippen LogP contribution in [0.2, 0.25) is 0 Å². The number of aromatic nitrogens is 1. The van der Waals surface area contributed by atoms with E-state index in [0.717, 1.165) is 12.1 Å². The maximum absolute atomic E-state index is 14.9. The van der Waals surface area contributed by atoms with Gasteiger partial charge in [-0.3, -0.25) is 9.62 Å². The number of anilines is 1. The molecule has 2 aromatic carbocycles. The van der Waals surface area contributed by atoms with Crippen LogP contribution in [0, 0.1) is 17.6 Å². The van der Waals surface area contributed by atoms with Gasteiger partial charge in [-0.05, 0) is 24.1 Å². The highest BCUT2D eigenvalue weighted by Crippen LogP contribution is 2.34. The molecule has 1 aliphatic heterocycles. The number of piperidine rings is 1. The van der Waals surface area contributed by atoms with E-state index in [-0.39, 0.29) is 19.5 Å². The quantitative estimate of drug-likeness (QED) is 0.331. The number of ether oxygens (including phenoxy) is 1. The summed E-state index contributed by atoms with van der Waals surface area (Å²) in [5.74, 6) is -5.13. The molecule has 0 spiro atoms. The van der Waals surface area contributed by atoms with E-state index in [1.165, 1.54) is 11.0 Å². The lowest BCUT2D eigenvalue weighted by Gasteiger charge is -2.39. The van der Waals surface area contributed by atoms with Crippen LogP contribution in [0.5, 0.6) is 5.75 Å². The smallest absolute Gasteiger partial charge is 0.401 e. The molecule has 1 fully saturated rings. The van der Waals surface area contributed by atoms with Crippen molar-refractivity contribution >= 4 is 15.8 Å². The van der Waals surface area contributed by atoms with Gasteiger partial charge >= 0.3 is 6.18 Å². The topological polar surface area (TPSA) is 71.5 Å². The molecule has 1 aromatic heterocycles. The molecule has 2 heterocycles. The zero-order chi connectivity index (χ0) is 26.8. The van der Waals surface area contributed by atoms with Gasteiger partial charge in [-0.2, -0.15) is 17.6 Å². The summed E-state index contributed by atoms with van der Waals surface area (Å²) in [4.78, 5) is 3.49. The second-order valence-electron chi connectivity index (χ2n) is 8.48. The number of likely N-dealkylation sites (tertiary alicyclic amines) is 1. The number of nitrogens with one attached hydrogen (secondary N) is 1. The van der Waals surface area contributed by atoms with Gasteiger partial charge < -0.3 is 4.74 Å². The molecule has 1 aliphatic rings. The second kappa shape index (κ2) is 10.6. The summed E-state index contributed by atoms with van der Waals surface area (Å²) in [6, 6.07) is 12.8. The molecule has 6 nitrogen and oxygen atoms in total. The molecule has 0 amide bonds. The number of benzene rings is 2. The van der Waals surface area contributed by atoms with Crippen molar-refractivity contribution in [3.63, 3.8) is 0 Å². The maximum Gasteiger partial charge on any atom is 0.401 e. The molecule has 0 radical (unpaired) electrons. The fourth-order valence-electron chi connectivity index (χ4n) is 4.18. The molecule has 13 heteroatoms. The molecule has 1 N–H and O–H groups in total. The molecule has 198 valence electrons. The third kappa shape index (κ3) is 6.72. The largest absolute Gasteiger partial charge is 0.487 e. The lowest BCUT2D eigenvalue weighted by Crippen LogP contribution is -2.47. The Morgan fingerprint density at radius 3 is 2.41 bits per heavy atom. The minimum Gasteiger partial charge on any atom is -0.487 e. The number of hydrogen-bond acceptors (Lipinski definition) is 5. The van der Waals surface area contributed by atoms with Crippen LogP contribution in [0.1, 0.15) is 17.9 Å². The molecular formula is C24H21F6N3O3S. The summed E-state index contributed by atoms with van der Waals surface area (Å²) >= 11 is 0. The van der Waals surface area contributed by atoms with Gasteiger partial charge in [0.15, 0.2) is 11.6 Å². The number of rotatable bonds is 7. The second-order valence-corrected chi connectivity index (χ2v) is 10.1. The Morgan fingerprint density at radius 1 is 1.00 bits per heavy atom. The van der Waals surface area contributed by atoms with E-state index in [9.17, 15) is 34.8 Å². The first-order chi connectivity index (χ1) is 17.4. The van der Waals surface area contributed by atoms with E-state index < -0.39 is 68.8 Å². The standard InChI is InChI=1S/C24H21F6N3O3S/c25-17-12-21(37(34,35)32-23-8-4-7-22(27)31-23)18(26)11-20(17)36-19-9-10-33(14-24(28,29)30)13-16(19)15-5-2-1-3-6-15/h1-8,11-12,16,19H,9-10,13-14H2,(H,31,32)/t16-,19+/m1/s1. The van der Waals surface area contributed by atoms with Crippen LogP contribution >= 0.6 is 0 Å². The molecule has 1 saturated heterocycles. The molecule has 4 rings (SSSR count). The molecule has 0 unspecified atom stereocenters. The third-order valence-corrected chi connectivity index (χ3v) is 7.14. The van der Waals surface area contributed by atoms with E-state index in [4.69, 9.17) is 4.74 Å². The van der Waals surface area contributed by atoms with Crippen molar-refractivity contribution in [1.29, 1.82) is 0 Å². The van der Waals surface area contributed by atoms with Gasteiger partial charge in [0.2, 0.25) is 5.95 Å². The Hall–Kier alpha value is -3.32. The van der Waals surface area contributed by atoms with E-state index in [1.807, 2.05) is 4.72 Å². The molecule has 2 atom stereocenters. The lowest BCUT2D eigenvalue weighted by molar-refractivity contribution is -0.150. The van der Waals surface area contributed by atoms with Crippen LogP contribution in [-0.2, 0) is 10.0 Å². The van der Waals surface area contributed by atoms with Crippen molar-refractivity contribution in [1.82, 2.24) is 9.88 Å². The fourth-order valence-corrected chi connectivity index (χ4v) is 5.26. The van der Waals surface area contributed by atoms with Gasteiger partial charge in [-0.1, -0.05) is 36.4 Å². The summed E-state index contributed by atoms with van der Waals surface area (Å²) in [6.45, 7) is -1.14.